The molecule has 2 fully saturated rings. The van der Waals surface area contributed by atoms with Crippen molar-refractivity contribution in [1.82, 2.24) is 14.8 Å². The minimum Gasteiger partial charge on any atom is -0.378 e. The van der Waals surface area contributed by atoms with E-state index in [0.717, 1.165) is 40.2 Å². The van der Waals surface area contributed by atoms with E-state index in [0.29, 0.717) is 32.9 Å². The first-order valence-corrected chi connectivity index (χ1v) is 11.2. The van der Waals surface area contributed by atoms with Crippen molar-refractivity contribution in [1.29, 1.82) is 0 Å². The van der Waals surface area contributed by atoms with E-state index in [4.69, 9.17) is 9.47 Å². The van der Waals surface area contributed by atoms with Crippen LogP contribution >= 0.6 is 11.3 Å². The van der Waals surface area contributed by atoms with Gasteiger partial charge in [0, 0.05) is 55.4 Å². The summed E-state index contributed by atoms with van der Waals surface area (Å²) in [7, 11) is 0. The molecular formula is C23H25N3O3S. The zero-order valence-electron chi connectivity index (χ0n) is 16.8. The third-order valence-corrected chi connectivity index (χ3v) is 6.90. The van der Waals surface area contributed by atoms with Crippen LogP contribution in [0.25, 0.3) is 10.1 Å². The number of carbonyl (C=O) groups is 1. The van der Waals surface area contributed by atoms with Crippen molar-refractivity contribution in [2.24, 2.45) is 0 Å². The van der Waals surface area contributed by atoms with Crippen molar-refractivity contribution < 1.29 is 14.3 Å². The first kappa shape index (κ1) is 19.6. The molecule has 6 nitrogen and oxygen atoms in total. The minimum atomic E-state index is -0.119. The van der Waals surface area contributed by atoms with Gasteiger partial charge < -0.3 is 14.4 Å². The van der Waals surface area contributed by atoms with Crippen LogP contribution in [0.1, 0.15) is 26.9 Å². The Morgan fingerprint density at radius 2 is 1.97 bits per heavy atom. The molecule has 2 saturated heterocycles. The van der Waals surface area contributed by atoms with E-state index in [9.17, 15) is 4.79 Å². The van der Waals surface area contributed by atoms with Crippen LogP contribution in [0, 0.1) is 0 Å². The van der Waals surface area contributed by atoms with E-state index in [1.165, 1.54) is 5.56 Å². The Balaban J connectivity index is 1.45. The van der Waals surface area contributed by atoms with Crippen molar-refractivity contribution in [3.63, 3.8) is 0 Å². The van der Waals surface area contributed by atoms with Gasteiger partial charge in [-0.1, -0.05) is 24.3 Å². The number of nitrogens with zero attached hydrogens (tertiary/aromatic N) is 3. The molecule has 2 aliphatic heterocycles. The molecule has 2 aromatic heterocycles. The average molecular weight is 424 g/mol. The highest BCUT2D eigenvalue weighted by Crippen LogP contribution is 2.39. The van der Waals surface area contributed by atoms with Gasteiger partial charge in [0.2, 0.25) is 0 Å². The Labute approximate surface area is 180 Å². The molecule has 0 bridgehead atoms. The van der Waals surface area contributed by atoms with Gasteiger partial charge in [-0.15, -0.1) is 11.3 Å². The molecule has 30 heavy (non-hydrogen) atoms. The summed E-state index contributed by atoms with van der Waals surface area (Å²) in [5.41, 5.74) is 2.24. The summed E-state index contributed by atoms with van der Waals surface area (Å²) in [6.07, 6.45) is 3.59. The summed E-state index contributed by atoms with van der Waals surface area (Å²) in [5.74, 6) is 0.0995. The van der Waals surface area contributed by atoms with E-state index >= 15 is 0 Å². The summed E-state index contributed by atoms with van der Waals surface area (Å²) in [6, 6.07) is 12.3. The molecule has 0 spiro atoms. The number of ether oxygens (including phenoxy) is 2. The minimum absolute atomic E-state index is 0.0995. The number of aromatic nitrogens is 1. The molecule has 1 atom stereocenters. The quantitative estimate of drug-likeness (QED) is 0.644. The predicted octanol–water partition coefficient (Wildman–Crippen LogP) is 3.34. The Kier molecular flexibility index (Phi) is 5.77. The van der Waals surface area contributed by atoms with Crippen molar-refractivity contribution in [3.8, 4) is 0 Å². The topological polar surface area (TPSA) is 54.9 Å². The molecule has 0 saturated carbocycles. The van der Waals surface area contributed by atoms with Crippen molar-refractivity contribution in [2.75, 3.05) is 46.0 Å². The Hall–Kier alpha value is -2.32. The maximum Gasteiger partial charge on any atom is 0.264 e. The molecule has 1 aromatic carbocycles. The fourth-order valence-electron chi connectivity index (χ4n) is 4.22. The fraction of sp³-hybridized carbons (Fsp3) is 0.391. The van der Waals surface area contributed by atoms with Crippen LogP contribution < -0.4 is 0 Å². The second-order valence-electron chi connectivity index (χ2n) is 7.70. The standard InChI is InChI=1S/C23H25N3O3S/c27-23(26-9-11-28-12-10-26)22-21(18-5-1-2-6-20(18)30-22)19-16-25(8-13-29-19)15-17-4-3-7-24-14-17/h1-7,14,19H,8-13,15-16H2/t19-/m1/s1. The zero-order valence-corrected chi connectivity index (χ0v) is 17.6. The van der Waals surface area contributed by atoms with Gasteiger partial charge in [0.15, 0.2) is 0 Å². The molecule has 156 valence electrons. The van der Waals surface area contributed by atoms with Crippen molar-refractivity contribution >= 4 is 27.3 Å². The number of pyridine rings is 1. The van der Waals surface area contributed by atoms with Gasteiger partial charge in [-0.2, -0.15) is 0 Å². The second-order valence-corrected chi connectivity index (χ2v) is 8.75. The van der Waals surface area contributed by atoms with E-state index in [1.54, 1.807) is 17.5 Å². The number of hydrogen-bond donors (Lipinski definition) is 0. The number of fused-ring (bicyclic) bond motifs is 1. The van der Waals surface area contributed by atoms with E-state index in [2.05, 4.69) is 28.1 Å². The van der Waals surface area contributed by atoms with E-state index < -0.39 is 0 Å². The van der Waals surface area contributed by atoms with Gasteiger partial charge in [-0.3, -0.25) is 14.7 Å². The Bertz CT molecular complexity index is 1020. The Morgan fingerprint density at radius 1 is 1.10 bits per heavy atom. The highest BCUT2D eigenvalue weighted by molar-refractivity contribution is 7.21. The Morgan fingerprint density at radius 3 is 2.80 bits per heavy atom. The summed E-state index contributed by atoms with van der Waals surface area (Å²) in [5, 5.41) is 1.13. The average Bonchev–Trinajstić information content (AvgIpc) is 3.20. The number of hydrogen-bond acceptors (Lipinski definition) is 6. The molecule has 0 radical (unpaired) electrons. The first-order chi connectivity index (χ1) is 14.8. The van der Waals surface area contributed by atoms with Crippen LogP contribution in [0.5, 0.6) is 0 Å². The molecule has 7 heteroatoms. The number of carbonyl (C=O) groups excluding carboxylic acids is 1. The highest BCUT2D eigenvalue weighted by Gasteiger charge is 2.31. The summed E-state index contributed by atoms with van der Waals surface area (Å²) in [6.45, 7) is 5.62. The van der Waals surface area contributed by atoms with Gasteiger partial charge in [-0.25, -0.2) is 0 Å². The lowest BCUT2D eigenvalue weighted by molar-refractivity contribution is -0.0325. The van der Waals surface area contributed by atoms with Crippen LogP contribution in [0.2, 0.25) is 0 Å². The third kappa shape index (κ3) is 3.98. The summed E-state index contributed by atoms with van der Waals surface area (Å²) < 4.78 is 12.8. The molecule has 3 aromatic rings. The van der Waals surface area contributed by atoms with Crippen LogP contribution in [0.3, 0.4) is 0 Å². The summed E-state index contributed by atoms with van der Waals surface area (Å²) >= 11 is 1.58. The first-order valence-electron chi connectivity index (χ1n) is 10.4. The fourth-order valence-corrected chi connectivity index (χ4v) is 5.45. The molecule has 5 rings (SSSR count). The van der Waals surface area contributed by atoms with Gasteiger partial charge in [0.1, 0.15) is 0 Å². The van der Waals surface area contributed by atoms with Crippen molar-refractivity contribution in [2.45, 2.75) is 12.6 Å². The van der Waals surface area contributed by atoms with Crippen LogP contribution in [0.4, 0.5) is 0 Å². The lowest BCUT2D eigenvalue weighted by Crippen LogP contribution is -2.41. The largest absolute Gasteiger partial charge is 0.378 e. The number of benzene rings is 1. The lowest BCUT2D eigenvalue weighted by atomic mass is 10.0. The van der Waals surface area contributed by atoms with Gasteiger partial charge in [0.25, 0.3) is 5.91 Å². The van der Waals surface area contributed by atoms with E-state index in [-0.39, 0.29) is 12.0 Å². The number of thiophene rings is 1. The third-order valence-electron chi connectivity index (χ3n) is 5.73. The smallest absolute Gasteiger partial charge is 0.264 e. The van der Waals surface area contributed by atoms with Gasteiger partial charge >= 0.3 is 0 Å². The zero-order chi connectivity index (χ0) is 20.3. The normalized spacial score (nSPS) is 20.5. The summed E-state index contributed by atoms with van der Waals surface area (Å²) in [4.78, 5) is 22.8. The van der Waals surface area contributed by atoms with E-state index in [1.807, 2.05) is 29.3 Å². The molecule has 0 unspecified atom stereocenters. The molecular weight excluding hydrogens is 398 g/mol. The molecule has 1 amide bonds. The number of rotatable bonds is 4. The highest BCUT2D eigenvalue weighted by atomic mass is 32.1. The van der Waals surface area contributed by atoms with Crippen molar-refractivity contribution in [3.05, 3.63) is 64.8 Å². The molecule has 2 aliphatic rings. The monoisotopic (exact) mass is 423 g/mol. The van der Waals surface area contributed by atoms with Crippen LogP contribution in [-0.2, 0) is 16.0 Å². The SMILES string of the molecule is O=C(c1sc2ccccc2c1[C@H]1CN(Cc2cccnc2)CCO1)N1CCOCC1. The van der Waals surface area contributed by atoms with Gasteiger partial charge in [-0.05, 0) is 23.1 Å². The second kappa shape index (κ2) is 8.81. The predicted molar refractivity (Wildman–Crippen MR) is 117 cm³/mol. The maximum atomic E-state index is 13.4. The number of amides is 1. The lowest BCUT2D eigenvalue weighted by Gasteiger charge is -2.34. The maximum absolute atomic E-state index is 13.4. The van der Waals surface area contributed by atoms with Crippen LogP contribution in [0.15, 0.2) is 48.8 Å². The molecule has 0 N–H and O–H groups in total. The van der Waals surface area contributed by atoms with Gasteiger partial charge in [0.05, 0.1) is 30.8 Å². The van der Waals surface area contributed by atoms with Crippen LogP contribution in [-0.4, -0.2) is 66.7 Å². The number of morpholine rings is 2. The molecule has 4 heterocycles. The molecule has 0 aliphatic carbocycles.